The molecule has 1 heterocycles. The molecular formula is C19H19F2N5. The van der Waals surface area contributed by atoms with Crippen LogP contribution in [0.15, 0.2) is 66.2 Å². The van der Waals surface area contributed by atoms with E-state index in [0.29, 0.717) is 24.7 Å². The van der Waals surface area contributed by atoms with E-state index >= 15 is 0 Å². The average Bonchev–Trinajstić information content (AvgIpc) is 3.16. The monoisotopic (exact) mass is 355 g/mol. The summed E-state index contributed by atoms with van der Waals surface area (Å²) in [6.07, 6.45) is 4.84. The fourth-order valence-corrected chi connectivity index (χ4v) is 2.51. The predicted molar refractivity (Wildman–Crippen MR) is 97.0 cm³/mol. The highest BCUT2D eigenvalue weighted by Crippen LogP contribution is 2.14. The van der Waals surface area contributed by atoms with E-state index in [4.69, 9.17) is 0 Å². The molecule has 0 amide bonds. The minimum atomic E-state index is -0.329. The first-order valence-electron chi connectivity index (χ1n) is 8.11. The largest absolute Gasteiger partial charge is 0.352 e. The molecule has 0 aliphatic rings. The van der Waals surface area contributed by atoms with E-state index in [1.807, 2.05) is 12.1 Å². The molecule has 0 unspecified atom stereocenters. The van der Waals surface area contributed by atoms with Crippen LogP contribution in [0.3, 0.4) is 0 Å². The van der Waals surface area contributed by atoms with E-state index in [9.17, 15) is 8.78 Å². The molecule has 7 heteroatoms. The van der Waals surface area contributed by atoms with E-state index in [1.54, 1.807) is 42.5 Å². The number of aromatic nitrogens is 2. The van der Waals surface area contributed by atoms with Crippen molar-refractivity contribution in [1.82, 2.24) is 20.2 Å². The fourth-order valence-electron chi connectivity index (χ4n) is 2.51. The Balaban J connectivity index is 1.57. The molecule has 0 saturated carbocycles. The van der Waals surface area contributed by atoms with Crippen molar-refractivity contribution in [3.05, 3.63) is 83.9 Å². The number of hydrogen-bond acceptors (Lipinski definition) is 2. The van der Waals surface area contributed by atoms with Gasteiger partial charge in [-0.05, 0) is 35.4 Å². The van der Waals surface area contributed by atoms with E-state index in [-0.39, 0.29) is 11.6 Å². The molecule has 0 fully saturated rings. The van der Waals surface area contributed by atoms with Gasteiger partial charge in [0.2, 0.25) is 0 Å². The summed E-state index contributed by atoms with van der Waals surface area (Å²) in [4.78, 5) is 8.04. The summed E-state index contributed by atoms with van der Waals surface area (Å²) in [5, 5.41) is 6.21. The second-order valence-corrected chi connectivity index (χ2v) is 5.66. The number of halogens is 2. The minimum absolute atomic E-state index is 0.277. The van der Waals surface area contributed by atoms with Crippen LogP contribution in [0.25, 0.3) is 5.69 Å². The number of imidazole rings is 1. The van der Waals surface area contributed by atoms with E-state index in [2.05, 4.69) is 20.6 Å². The maximum Gasteiger partial charge on any atom is 0.191 e. The van der Waals surface area contributed by atoms with Crippen molar-refractivity contribution in [1.29, 1.82) is 0 Å². The summed E-state index contributed by atoms with van der Waals surface area (Å²) >= 11 is 0. The highest BCUT2D eigenvalue weighted by atomic mass is 19.1. The number of guanidine groups is 1. The molecule has 3 rings (SSSR count). The van der Waals surface area contributed by atoms with Crippen molar-refractivity contribution in [2.45, 2.75) is 13.1 Å². The molecule has 0 saturated heterocycles. The maximum atomic E-state index is 14.3. The highest BCUT2D eigenvalue weighted by molar-refractivity contribution is 5.79. The number of aliphatic imine (C=N–C) groups is 1. The lowest BCUT2D eigenvalue weighted by Crippen LogP contribution is -2.36. The Kier molecular flexibility index (Phi) is 5.58. The van der Waals surface area contributed by atoms with Gasteiger partial charge in [0, 0.05) is 32.5 Å². The van der Waals surface area contributed by atoms with Gasteiger partial charge in [0.05, 0.1) is 12.0 Å². The lowest BCUT2D eigenvalue weighted by atomic mass is 10.2. The van der Waals surface area contributed by atoms with Gasteiger partial charge < -0.3 is 15.2 Å². The predicted octanol–water partition coefficient (Wildman–Crippen LogP) is 3.02. The summed E-state index contributed by atoms with van der Waals surface area (Å²) in [5.41, 5.74) is 2.03. The van der Waals surface area contributed by atoms with Gasteiger partial charge in [0.1, 0.15) is 11.6 Å². The molecule has 0 bridgehead atoms. The summed E-state index contributed by atoms with van der Waals surface area (Å²) < 4.78 is 29.1. The Morgan fingerprint density at radius 3 is 2.46 bits per heavy atom. The zero-order valence-corrected chi connectivity index (χ0v) is 14.3. The molecule has 0 atom stereocenters. The third-order valence-electron chi connectivity index (χ3n) is 3.83. The average molecular weight is 355 g/mol. The van der Waals surface area contributed by atoms with Crippen LogP contribution in [0.5, 0.6) is 0 Å². The van der Waals surface area contributed by atoms with E-state index in [1.165, 1.54) is 18.2 Å². The summed E-state index contributed by atoms with van der Waals surface area (Å²) in [6, 6.07) is 11.4. The lowest BCUT2D eigenvalue weighted by Gasteiger charge is -2.13. The van der Waals surface area contributed by atoms with Gasteiger partial charge in [-0.15, -0.1) is 0 Å². The SMILES string of the molecule is CN=C(NCc1cccc(F)c1)NCc1ccc(-n2ccnc2)c(F)c1. The Labute approximate surface area is 150 Å². The highest BCUT2D eigenvalue weighted by Gasteiger charge is 2.06. The van der Waals surface area contributed by atoms with Gasteiger partial charge in [0.15, 0.2) is 5.96 Å². The molecule has 0 spiro atoms. The zero-order chi connectivity index (χ0) is 18.4. The van der Waals surface area contributed by atoms with Crippen LogP contribution in [-0.4, -0.2) is 22.6 Å². The van der Waals surface area contributed by atoms with E-state index < -0.39 is 0 Å². The van der Waals surface area contributed by atoms with Gasteiger partial charge in [-0.3, -0.25) is 4.99 Å². The maximum absolute atomic E-state index is 14.3. The van der Waals surface area contributed by atoms with Crippen LogP contribution >= 0.6 is 0 Å². The Morgan fingerprint density at radius 2 is 1.85 bits per heavy atom. The molecule has 0 radical (unpaired) electrons. The van der Waals surface area contributed by atoms with Crippen molar-refractivity contribution >= 4 is 5.96 Å². The molecule has 0 aliphatic carbocycles. The molecule has 3 aromatic rings. The smallest absolute Gasteiger partial charge is 0.191 e. The van der Waals surface area contributed by atoms with Crippen molar-refractivity contribution in [2.24, 2.45) is 4.99 Å². The van der Waals surface area contributed by atoms with Gasteiger partial charge in [0.25, 0.3) is 0 Å². The van der Waals surface area contributed by atoms with Crippen LogP contribution in [0.2, 0.25) is 0 Å². The van der Waals surface area contributed by atoms with Gasteiger partial charge in [-0.1, -0.05) is 18.2 Å². The molecular weight excluding hydrogens is 336 g/mol. The first-order valence-corrected chi connectivity index (χ1v) is 8.11. The van der Waals surface area contributed by atoms with E-state index in [0.717, 1.165) is 11.1 Å². The summed E-state index contributed by atoms with van der Waals surface area (Å²) in [5.74, 6) is -0.0564. The molecule has 134 valence electrons. The normalized spacial score (nSPS) is 11.4. The van der Waals surface area contributed by atoms with Crippen molar-refractivity contribution in [3.63, 3.8) is 0 Å². The molecule has 26 heavy (non-hydrogen) atoms. The fraction of sp³-hybridized carbons (Fsp3) is 0.158. The summed E-state index contributed by atoms with van der Waals surface area (Å²) in [7, 11) is 1.64. The lowest BCUT2D eigenvalue weighted by molar-refractivity contribution is 0.614. The zero-order valence-electron chi connectivity index (χ0n) is 14.3. The van der Waals surface area contributed by atoms with Crippen molar-refractivity contribution in [3.8, 4) is 5.69 Å². The molecule has 2 aromatic carbocycles. The minimum Gasteiger partial charge on any atom is -0.352 e. The number of hydrogen-bond donors (Lipinski definition) is 2. The molecule has 0 aliphatic heterocycles. The van der Waals surface area contributed by atoms with Crippen LogP contribution in [0.4, 0.5) is 8.78 Å². The third kappa shape index (κ3) is 4.44. The molecule has 5 nitrogen and oxygen atoms in total. The van der Waals surface area contributed by atoms with Crippen molar-refractivity contribution < 1.29 is 8.78 Å². The van der Waals surface area contributed by atoms with Gasteiger partial charge in [-0.25, -0.2) is 13.8 Å². The van der Waals surface area contributed by atoms with Crippen LogP contribution < -0.4 is 10.6 Å². The van der Waals surface area contributed by atoms with Gasteiger partial charge >= 0.3 is 0 Å². The molecule has 2 N–H and O–H groups in total. The third-order valence-corrected chi connectivity index (χ3v) is 3.83. The number of benzene rings is 2. The Hall–Kier alpha value is -3.22. The number of rotatable bonds is 5. The second kappa shape index (κ2) is 8.24. The first kappa shape index (κ1) is 17.6. The van der Waals surface area contributed by atoms with Crippen LogP contribution in [0, 0.1) is 11.6 Å². The second-order valence-electron chi connectivity index (χ2n) is 5.66. The Morgan fingerprint density at radius 1 is 1.08 bits per heavy atom. The van der Waals surface area contributed by atoms with Gasteiger partial charge in [-0.2, -0.15) is 0 Å². The molecule has 1 aromatic heterocycles. The topological polar surface area (TPSA) is 54.2 Å². The van der Waals surface area contributed by atoms with Crippen LogP contribution in [0.1, 0.15) is 11.1 Å². The van der Waals surface area contributed by atoms with Crippen molar-refractivity contribution in [2.75, 3.05) is 7.05 Å². The van der Waals surface area contributed by atoms with Crippen LogP contribution in [-0.2, 0) is 13.1 Å². The number of nitrogens with zero attached hydrogens (tertiary/aromatic N) is 3. The first-order chi connectivity index (χ1) is 12.7. The Bertz CT molecular complexity index is 891. The standard InChI is InChI=1S/C19H19F2N5/c1-22-19(24-11-14-3-2-4-16(20)9-14)25-12-15-5-6-18(17(21)10-15)26-8-7-23-13-26/h2-10,13H,11-12H2,1H3,(H2,22,24,25). The quantitative estimate of drug-likeness (QED) is 0.546. The summed E-state index contributed by atoms with van der Waals surface area (Å²) in [6.45, 7) is 0.843. The number of nitrogens with one attached hydrogen (secondary N) is 2.